The number of halogens is 1. The Morgan fingerprint density at radius 2 is 1.95 bits per heavy atom. The number of rotatable bonds is 7. The summed E-state index contributed by atoms with van der Waals surface area (Å²) in [6, 6.07) is 10.7. The molecule has 2 aliphatic heterocycles. The largest absolute Gasteiger partial charge is 0.492 e. The first kappa shape index (κ1) is 24.6. The van der Waals surface area contributed by atoms with Gasteiger partial charge in [-0.15, -0.1) is 0 Å². The molecule has 1 fully saturated rings. The molecule has 0 bridgehead atoms. The molecule has 0 saturated carbocycles. The van der Waals surface area contributed by atoms with Crippen LogP contribution in [0.3, 0.4) is 0 Å². The Morgan fingerprint density at radius 3 is 2.76 bits per heavy atom. The van der Waals surface area contributed by atoms with Crippen molar-refractivity contribution in [1.82, 2.24) is 30.2 Å². The number of aromatic amines is 1. The molecule has 1 unspecified atom stereocenters. The second kappa shape index (κ2) is 10.2. The highest BCUT2D eigenvalue weighted by atomic mass is 19.1. The van der Waals surface area contributed by atoms with Gasteiger partial charge in [0.05, 0.1) is 11.2 Å². The number of nitrogens with zero attached hydrogens (tertiary/aromatic N) is 5. The Labute approximate surface area is 220 Å². The van der Waals surface area contributed by atoms with Crippen molar-refractivity contribution in [3.8, 4) is 16.9 Å². The summed E-state index contributed by atoms with van der Waals surface area (Å²) in [5, 5.41) is 3.41. The number of aliphatic imine (C=N–C) groups is 1. The number of aromatic nitrogens is 4. The lowest BCUT2D eigenvalue weighted by atomic mass is 9.93. The number of fused-ring (bicyclic) bond motifs is 2. The van der Waals surface area contributed by atoms with Gasteiger partial charge in [0, 0.05) is 41.5 Å². The molecule has 4 aromatic rings. The maximum Gasteiger partial charge on any atom is 0.178 e. The number of ether oxygens (including phenoxy) is 1. The van der Waals surface area contributed by atoms with E-state index in [0.29, 0.717) is 46.5 Å². The zero-order chi connectivity index (χ0) is 26.2. The van der Waals surface area contributed by atoms with Crippen LogP contribution in [0.1, 0.15) is 47.7 Å². The van der Waals surface area contributed by atoms with Crippen LogP contribution in [0.5, 0.6) is 5.75 Å². The molecule has 1 atom stereocenters. The van der Waals surface area contributed by atoms with Crippen molar-refractivity contribution in [3.05, 3.63) is 71.2 Å². The first-order valence-electron chi connectivity index (χ1n) is 12.9. The van der Waals surface area contributed by atoms with Crippen molar-refractivity contribution in [2.75, 3.05) is 40.3 Å². The highest BCUT2D eigenvalue weighted by molar-refractivity contribution is 6.13. The van der Waals surface area contributed by atoms with E-state index in [1.54, 1.807) is 6.20 Å². The van der Waals surface area contributed by atoms with Gasteiger partial charge in [-0.05, 0) is 69.9 Å². The van der Waals surface area contributed by atoms with Gasteiger partial charge in [-0.3, -0.25) is 9.98 Å². The SMILES string of the molecule is CN(C)CCOc1cc(F)cc(-c2ccnc3nc(C4=NC(N)c5ccc(C6CCNCC6)nc54)[nH]c23)c1. The lowest BCUT2D eigenvalue weighted by Gasteiger charge is -2.22. The van der Waals surface area contributed by atoms with Crippen LogP contribution in [0.15, 0.2) is 47.6 Å². The zero-order valence-electron chi connectivity index (χ0n) is 21.5. The van der Waals surface area contributed by atoms with Crippen molar-refractivity contribution in [1.29, 1.82) is 0 Å². The molecule has 0 spiro atoms. The van der Waals surface area contributed by atoms with Crippen molar-refractivity contribution >= 4 is 16.9 Å². The van der Waals surface area contributed by atoms with Gasteiger partial charge in [0.25, 0.3) is 0 Å². The summed E-state index contributed by atoms with van der Waals surface area (Å²) >= 11 is 0. The molecular formula is C28H31FN8O. The summed E-state index contributed by atoms with van der Waals surface area (Å²) in [5.41, 5.74) is 12.3. The topological polar surface area (TPSA) is 117 Å². The highest BCUT2D eigenvalue weighted by Gasteiger charge is 2.29. The minimum absolute atomic E-state index is 0.373. The third-order valence-corrected chi connectivity index (χ3v) is 7.12. The van der Waals surface area contributed by atoms with E-state index in [4.69, 9.17) is 25.4 Å². The van der Waals surface area contributed by atoms with Crippen LogP contribution in [0.25, 0.3) is 22.3 Å². The van der Waals surface area contributed by atoms with Gasteiger partial charge in [-0.2, -0.15) is 0 Å². The number of nitrogens with two attached hydrogens (primary N) is 1. The minimum atomic E-state index is -0.500. The van der Waals surface area contributed by atoms with E-state index in [1.165, 1.54) is 12.1 Å². The average molecular weight is 515 g/mol. The molecule has 1 aromatic carbocycles. The number of H-pyrrole nitrogens is 1. The minimum Gasteiger partial charge on any atom is -0.492 e. The Morgan fingerprint density at radius 1 is 1.11 bits per heavy atom. The van der Waals surface area contributed by atoms with E-state index in [2.05, 4.69) is 21.4 Å². The summed E-state index contributed by atoms with van der Waals surface area (Å²) in [6.45, 7) is 3.17. The first-order valence-corrected chi connectivity index (χ1v) is 12.9. The van der Waals surface area contributed by atoms with E-state index in [-0.39, 0.29) is 5.82 Å². The molecule has 5 heterocycles. The zero-order valence-corrected chi connectivity index (χ0v) is 21.5. The predicted molar refractivity (Wildman–Crippen MR) is 145 cm³/mol. The lowest BCUT2D eigenvalue weighted by Crippen LogP contribution is -2.27. The number of nitrogens with one attached hydrogen (secondary N) is 2. The number of pyridine rings is 2. The monoisotopic (exact) mass is 514 g/mol. The quantitative estimate of drug-likeness (QED) is 0.346. The second-order valence-corrected chi connectivity index (χ2v) is 10.1. The van der Waals surface area contributed by atoms with Crippen LogP contribution in [-0.4, -0.2) is 70.9 Å². The van der Waals surface area contributed by atoms with E-state index < -0.39 is 6.17 Å². The molecule has 0 aliphatic carbocycles. The van der Waals surface area contributed by atoms with Crippen LogP contribution >= 0.6 is 0 Å². The van der Waals surface area contributed by atoms with Crippen molar-refractivity contribution in [3.63, 3.8) is 0 Å². The van der Waals surface area contributed by atoms with E-state index in [0.717, 1.165) is 55.0 Å². The van der Waals surface area contributed by atoms with Gasteiger partial charge in [0.1, 0.15) is 30.1 Å². The molecule has 1 saturated heterocycles. The fourth-order valence-electron chi connectivity index (χ4n) is 5.11. The summed E-state index contributed by atoms with van der Waals surface area (Å²) in [5.74, 6) is 1.05. The van der Waals surface area contributed by atoms with Gasteiger partial charge in [0.15, 0.2) is 11.5 Å². The van der Waals surface area contributed by atoms with E-state index >= 15 is 0 Å². The number of hydrogen-bond donors (Lipinski definition) is 3. The molecule has 0 amide bonds. The fraction of sp³-hybridized carbons (Fsp3) is 0.357. The van der Waals surface area contributed by atoms with Gasteiger partial charge in [0.2, 0.25) is 0 Å². The first-order chi connectivity index (χ1) is 18.5. The van der Waals surface area contributed by atoms with Crippen LogP contribution in [0.2, 0.25) is 0 Å². The summed E-state index contributed by atoms with van der Waals surface area (Å²) in [4.78, 5) is 24.3. The van der Waals surface area contributed by atoms with Crippen molar-refractivity contribution in [2.24, 2.45) is 10.7 Å². The standard InChI is InChI=1S/C28H31FN8O/c1-37(2)11-12-38-19-14-17(13-18(29)15-19)20-7-10-32-27-24(20)35-28(36-27)25-23-21(26(30)34-25)3-4-22(33-23)16-5-8-31-9-6-16/h3-4,7,10,13-16,26,31H,5-6,8-9,11-12,30H2,1-2H3,(H,32,35,36). The van der Waals surface area contributed by atoms with Gasteiger partial charge in [-0.1, -0.05) is 6.07 Å². The molecule has 2 aliphatic rings. The number of imidazole rings is 1. The lowest BCUT2D eigenvalue weighted by molar-refractivity contribution is 0.260. The molecule has 6 rings (SSSR count). The van der Waals surface area contributed by atoms with Crippen LogP contribution < -0.4 is 15.8 Å². The van der Waals surface area contributed by atoms with E-state index in [9.17, 15) is 4.39 Å². The maximum absolute atomic E-state index is 14.6. The summed E-state index contributed by atoms with van der Waals surface area (Å²) in [7, 11) is 3.93. The van der Waals surface area contributed by atoms with Crippen molar-refractivity contribution in [2.45, 2.75) is 24.9 Å². The fourth-order valence-corrected chi connectivity index (χ4v) is 5.11. The Kier molecular flexibility index (Phi) is 6.61. The maximum atomic E-state index is 14.6. The molecule has 3 aromatic heterocycles. The molecule has 4 N–H and O–H groups in total. The number of piperidine rings is 1. The third-order valence-electron chi connectivity index (χ3n) is 7.12. The van der Waals surface area contributed by atoms with Crippen molar-refractivity contribution < 1.29 is 9.13 Å². The van der Waals surface area contributed by atoms with Crippen LogP contribution in [-0.2, 0) is 0 Å². The Bertz CT molecular complexity index is 1510. The average Bonchev–Trinajstić information content (AvgIpc) is 3.49. The molecule has 0 radical (unpaired) electrons. The predicted octanol–water partition coefficient (Wildman–Crippen LogP) is 3.37. The van der Waals surface area contributed by atoms with Crippen LogP contribution in [0, 0.1) is 5.82 Å². The highest BCUT2D eigenvalue weighted by Crippen LogP contribution is 2.33. The summed E-state index contributed by atoms with van der Waals surface area (Å²) < 4.78 is 20.4. The van der Waals surface area contributed by atoms with Gasteiger partial charge >= 0.3 is 0 Å². The van der Waals surface area contributed by atoms with E-state index in [1.807, 2.05) is 37.2 Å². The number of likely N-dealkylation sites (N-methyl/N-ethyl adjacent to an activating group) is 1. The normalized spacial score (nSPS) is 17.7. The molecule has 10 heteroatoms. The van der Waals surface area contributed by atoms with Crippen LogP contribution in [0.4, 0.5) is 4.39 Å². The van der Waals surface area contributed by atoms with Gasteiger partial charge < -0.3 is 25.7 Å². The third kappa shape index (κ3) is 4.78. The molecule has 38 heavy (non-hydrogen) atoms. The number of benzene rings is 1. The summed E-state index contributed by atoms with van der Waals surface area (Å²) in [6.07, 6.45) is 3.27. The smallest absolute Gasteiger partial charge is 0.178 e. The Hall–Kier alpha value is -3.73. The Balaban J connectivity index is 1.36. The molecule has 9 nitrogen and oxygen atoms in total. The second-order valence-electron chi connectivity index (χ2n) is 10.1. The van der Waals surface area contributed by atoms with Gasteiger partial charge in [-0.25, -0.2) is 14.4 Å². The molecule has 196 valence electrons. The number of hydrogen-bond acceptors (Lipinski definition) is 8. The molecular weight excluding hydrogens is 483 g/mol.